The largest absolute Gasteiger partial charge is 0.496 e. The number of carbonyl (C=O) groups is 4. The summed E-state index contributed by atoms with van der Waals surface area (Å²) < 4.78 is 10.7. The van der Waals surface area contributed by atoms with Gasteiger partial charge in [0, 0.05) is 26.6 Å². The smallest absolute Gasteiger partial charge is 0.341 e. The molecule has 0 fully saturated rings. The van der Waals surface area contributed by atoms with Crippen molar-refractivity contribution < 1.29 is 28.7 Å². The molecule has 1 aliphatic carbocycles. The fourth-order valence-electron chi connectivity index (χ4n) is 6.27. The Kier molecular flexibility index (Phi) is 13.0. The Balaban J connectivity index is 1.26. The van der Waals surface area contributed by atoms with E-state index in [1.165, 1.54) is 37.3 Å². The number of fused-ring (bicyclic) bond motifs is 1. The van der Waals surface area contributed by atoms with Gasteiger partial charge in [-0.3, -0.25) is 14.4 Å². The Morgan fingerprint density at radius 3 is 2.22 bits per heavy atom. The molecule has 0 saturated heterocycles. The number of thioether (sulfide) groups is 1. The number of amides is 3. The molecule has 1 heterocycles. The molecular formula is C43H41N3O6S2. The third kappa shape index (κ3) is 9.47. The molecule has 276 valence electrons. The predicted octanol–water partition coefficient (Wildman–Crippen LogP) is 9.08. The number of esters is 1. The Labute approximate surface area is 323 Å². The van der Waals surface area contributed by atoms with Crippen molar-refractivity contribution in [2.75, 3.05) is 24.9 Å². The Bertz CT molecular complexity index is 2150. The molecule has 0 radical (unpaired) electrons. The van der Waals surface area contributed by atoms with Gasteiger partial charge in [0.15, 0.2) is 0 Å². The molecule has 54 heavy (non-hydrogen) atoms. The summed E-state index contributed by atoms with van der Waals surface area (Å²) in [7, 11) is 2.90. The lowest BCUT2D eigenvalue weighted by Crippen LogP contribution is -2.30. The maximum atomic E-state index is 14.2. The minimum atomic E-state index is -0.696. The lowest BCUT2D eigenvalue weighted by atomic mass is 9.96. The molecule has 0 bridgehead atoms. The number of methoxy groups -OCH3 is 2. The van der Waals surface area contributed by atoms with Gasteiger partial charge in [-0.2, -0.15) is 0 Å². The highest BCUT2D eigenvalue weighted by molar-refractivity contribution is 8.00. The molecule has 9 nitrogen and oxygen atoms in total. The minimum Gasteiger partial charge on any atom is -0.496 e. The lowest BCUT2D eigenvalue weighted by Gasteiger charge is -2.18. The molecule has 6 rings (SSSR count). The average molecular weight is 760 g/mol. The van der Waals surface area contributed by atoms with E-state index in [-0.39, 0.29) is 11.6 Å². The van der Waals surface area contributed by atoms with Gasteiger partial charge >= 0.3 is 5.97 Å². The topological polar surface area (TPSA) is 123 Å². The maximum absolute atomic E-state index is 14.2. The van der Waals surface area contributed by atoms with Crippen molar-refractivity contribution >= 4 is 63.6 Å². The van der Waals surface area contributed by atoms with Crippen molar-refractivity contribution in [3.63, 3.8) is 0 Å². The van der Waals surface area contributed by atoms with Crippen LogP contribution in [0.5, 0.6) is 5.75 Å². The molecule has 1 unspecified atom stereocenters. The quantitative estimate of drug-likeness (QED) is 0.0659. The zero-order valence-electron chi connectivity index (χ0n) is 30.1. The van der Waals surface area contributed by atoms with Gasteiger partial charge in [-0.05, 0) is 79.3 Å². The number of hydrogen-bond donors (Lipinski definition) is 3. The summed E-state index contributed by atoms with van der Waals surface area (Å²) >= 11 is 2.78. The fraction of sp³-hybridized carbons (Fsp3) is 0.209. The van der Waals surface area contributed by atoms with Crippen LogP contribution in [0.3, 0.4) is 0 Å². The van der Waals surface area contributed by atoms with E-state index in [1.807, 2.05) is 54.6 Å². The highest BCUT2D eigenvalue weighted by Gasteiger charge is 2.29. The van der Waals surface area contributed by atoms with E-state index in [9.17, 15) is 19.2 Å². The number of carbonyl (C=O) groups excluding carboxylic acids is 4. The van der Waals surface area contributed by atoms with Crippen LogP contribution in [-0.4, -0.2) is 37.9 Å². The molecule has 4 aromatic carbocycles. The number of para-hydroxylation sites is 1. The van der Waals surface area contributed by atoms with Crippen molar-refractivity contribution in [2.24, 2.45) is 0 Å². The number of thiophene rings is 1. The van der Waals surface area contributed by atoms with Crippen LogP contribution in [0.2, 0.25) is 0 Å². The lowest BCUT2D eigenvalue weighted by molar-refractivity contribution is -0.116. The van der Waals surface area contributed by atoms with Crippen LogP contribution in [0.15, 0.2) is 120 Å². The first kappa shape index (κ1) is 38.1. The van der Waals surface area contributed by atoms with Gasteiger partial charge in [0.2, 0.25) is 5.91 Å². The van der Waals surface area contributed by atoms with E-state index in [0.29, 0.717) is 38.0 Å². The first-order valence-corrected chi connectivity index (χ1v) is 19.4. The van der Waals surface area contributed by atoms with Crippen LogP contribution in [0.1, 0.15) is 73.2 Å². The second kappa shape index (κ2) is 18.4. The molecule has 5 aromatic rings. The highest BCUT2D eigenvalue weighted by atomic mass is 32.2. The van der Waals surface area contributed by atoms with Gasteiger partial charge in [-0.25, -0.2) is 4.79 Å². The van der Waals surface area contributed by atoms with Gasteiger partial charge in [0.05, 0.1) is 19.8 Å². The Hall–Kier alpha value is -5.65. The zero-order valence-corrected chi connectivity index (χ0v) is 31.7. The van der Waals surface area contributed by atoms with Crippen molar-refractivity contribution in [1.82, 2.24) is 5.32 Å². The first-order chi connectivity index (χ1) is 26.3. The summed E-state index contributed by atoms with van der Waals surface area (Å²) in [5, 5.41) is 8.59. The number of aryl methyl sites for hydroxylation is 1. The second-order valence-electron chi connectivity index (χ2n) is 12.6. The van der Waals surface area contributed by atoms with E-state index >= 15 is 0 Å². The summed E-state index contributed by atoms with van der Waals surface area (Å²) in [6, 6.07) is 32.4. The average Bonchev–Trinajstić information content (AvgIpc) is 3.52. The second-order valence-corrected chi connectivity index (χ2v) is 14.9. The molecule has 3 amide bonds. The van der Waals surface area contributed by atoms with Crippen LogP contribution in [-0.2, 0) is 27.2 Å². The molecule has 3 N–H and O–H groups in total. The Morgan fingerprint density at radius 2 is 1.48 bits per heavy atom. The molecular weight excluding hydrogens is 719 g/mol. The molecule has 1 aromatic heterocycles. The van der Waals surface area contributed by atoms with Crippen molar-refractivity contribution in [1.29, 1.82) is 0 Å². The number of nitrogens with one attached hydrogen (secondary N) is 3. The Morgan fingerprint density at radius 1 is 0.778 bits per heavy atom. The number of benzene rings is 4. The first-order valence-electron chi connectivity index (χ1n) is 17.7. The van der Waals surface area contributed by atoms with Crippen molar-refractivity contribution in [3.8, 4) is 5.75 Å². The van der Waals surface area contributed by atoms with Gasteiger partial charge < -0.3 is 25.4 Å². The molecule has 1 atom stereocenters. The molecule has 0 saturated carbocycles. The number of hydrogen-bond acceptors (Lipinski definition) is 8. The standard InChI is InChI=1S/C43H41N3O6S2/c1-51-35-24-14-13-20-30(35)26-34(45-39(47)29-18-9-6-10-19-29)40(48)44-31-21-15-22-32(27-31)53-38(28-16-7-5-8-17-28)41(49)46-42-37(43(50)52-2)33-23-11-3-4-12-25-36(33)54-42/h5-10,13-22,24,26-27,38H,3-4,11-12,23,25H2,1-2H3,(H,44,48)(H,45,47)(H,46,49)/b34-26+. The van der Waals surface area contributed by atoms with Gasteiger partial charge in [0.1, 0.15) is 21.7 Å². The van der Waals surface area contributed by atoms with Crippen LogP contribution in [0.25, 0.3) is 6.08 Å². The van der Waals surface area contributed by atoms with Crippen molar-refractivity contribution in [2.45, 2.75) is 48.7 Å². The van der Waals surface area contributed by atoms with Crippen LogP contribution in [0, 0.1) is 0 Å². The van der Waals surface area contributed by atoms with Crippen LogP contribution in [0.4, 0.5) is 10.7 Å². The zero-order chi connectivity index (χ0) is 37.9. The molecule has 0 spiro atoms. The number of ether oxygens (including phenoxy) is 2. The predicted molar refractivity (Wildman–Crippen MR) is 215 cm³/mol. The summed E-state index contributed by atoms with van der Waals surface area (Å²) in [6.45, 7) is 0. The number of rotatable bonds is 12. The summed E-state index contributed by atoms with van der Waals surface area (Å²) in [6.07, 6.45) is 7.46. The normalized spacial score (nSPS) is 13.3. The third-order valence-electron chi connectivity index (χ3n) is 8.95. The van der Waals surface area contributed by atoms with E-state index in [2.05, 4.69) is 16.0 Å². The van der Waals surface area contributed by atoms with E-state index in [4.69, 9.17) is 9.47 Å². The monoisotopic (exact) mass is 759 g/mol. The summed E-state index contributed by atoms with van der Waals surface area (Å²) in [5.41, 5.74) is 3.68. The minimum absolute atomic E-state index is 0.0133. The van der Waals surface area contributed by atoms with Crippen LogP contribution < -0.4 is 20.7 Å². The summed E-state index contributed by atoms with van der Waals surface area (Å²) in [5.74, 6) is -1.19. The third-order valence-corrected chi connectivity index (χ3v) is 11.4. The SMILES string of the molecule is COC(=O)c1c(NC(=O)C(Sc2cccc(NC(=O)/C(=C\c3ccccc3OC)NC(=O)c3ccccc3)c2)c2ccccc2)sc2c1CCCCCC2. The van der Waals surface area contributed by atoms with E-state index in [1.54, 1.807) is 60.7 Å². The fourth-order valence-corrected chi connectivity index (χ4v) is 8.63. The van der Waals surface area contributed by atoms with E-state index < -0.39 is 23.0 Å². The van der Waals surface area contributed by atoms with Gasteiger partial charge in [-0.1, -0.05) is 85.6 Å². The van der Waals surface area contributed by atoms with Crippen molar-refractivity contribution in [3.05, 3.63) is 148 Å². The molecule has 1 aliphatic rings. The van der Waals surface area contributed by atoms with Crippen LogP contribution >= 0.6 is 23.1 Å². The molecule has 11 heteroatoms. The number of anilines is 2. The van der Waals surface area contributed by atoms with Gasteiger partial charge in [0.25, 0.3) is 11.8 Å². The summed E-state index contributed by atoms with van der Waals surface area (Å²) in [4.78, 5) is 56.2. The molecule has 0 aliphatic heterocycles. The van der Waals surface area contributed by atoms with E-state index in [0.717, 1.165) is 54.5 Å². The highest BCUT2D eigenvalue weighted by Crippen LogP contribution is 2.41. The maximum Gasteiger partial charge on any atom is 0.341 e. The van der Waals surface area contributed by atoms with Gasteiger partial charge in [-0.15, -0.1) is 23.1 Å².